The maximum absolute atomic E-state index is 11.9. The third kappa shape index (κ3) is 6.01. The Labute approximate surface area is 151 Å². The Balaban J connectivity index is 1.76. The zero-order chi connectivity index (χ0) is 18.9. The molecule has 0 aliphatic carbocycles. The minimum atomic E-state index is -0.777. The molecule has 1 N–H and O–H groups in total. The number of rotatable bonds is 8. The lowest BCUT2D eigenvalue weighted by Gasteiger charge is -2.14. The number of nitrogens with one attached hydrogen (secondary N) is 1. The minimum Gasteiger partial charge on any atom is -0.452 e. The largest absolute Gasteiger partial charge is 0.452 e. The molecule has 0 unspecified atom stereocenters. The summed E-state index contributed by atoms with van der Waals surface area (Å²) in [7, 11) is 0. The molecule has 2 aromatic rings. The van der Waals surface area contributed by atoms with Gasteiger partial charge in [-0.15, -0.1) is 0 Å². The molecule has 7 nitrogen and oxygen atoms in total. The third-order valence-electron chi connectivity index (χ3n) is 3.74. The predicted octanol–water partition coefficient (Wildman–Crippen LogP) is 2.89. The van der Waals surface area contributed by atoms with Crippen molar-refractivity contribution in [2.75, 3.05) is 6.61 Å². The Morgan fingerprint density at radius 2 is 1.88 bits per heavy atom. The molecule has 26 heavy (non-hydrogen) atoms. The molecule has 0 heterocycles. The third-order valence-corrected chi connectivity index (χ3v) is 3.74. The summed E-state index contributed by atoms with van der Waals surface area (Å²) in [5.41, 5.74) is 1.01. The monoisotopic (exact) mass is 356 g/mol. The molecule has 0 aliphatic heterocycles. The highest BCUT2D eigenvalue weighted by Crippen LogP contribution is 2.13. The van der Waals surface area contributed by atoms with Crippen molar-refractivity contribution in [2.45, 2.75) is 25.8 Å². The normalized spacial score (nSPS) is 11.4. The predicted molar refractivity (Wildman–Crippen MR) is 95.7 cm³/mol. The Kier molecular flexibility index (Phi) is 6.84. The molecule has 2 aromatic carbocycles. The summed E-state index contributed by atoms with van der Waals surface area (Å²) in [4.78, 5) is 33.9. The number of amides is 1. The number of carbonyl (C=O) groups excluding carboxylic acids is 2. The first-order valence-electron chi connectivity index (χ1n) is 8.20. The van der Waals surface area contributed by atoms with E-state index in [1.807, 2.05) is 37.3 Å². The number of carbonyl (C=O) groups is 2. The molecule has 0 saturated carbocycles. The number of non-ortho nitro benzene ring substituents is 1. The van der Waals surface area contributed by atoms with Crippen LogP contribution in [0.15, 0.2) is 54.6 Å². The maximum Gasteiger partial charge on any atom is 0.338 e. The van der Waals surface area contributed by atoms with Gasteiger partial charge in [-0.05, 0) is 31.4 Å². The first-order valence-corrected chi connectivity index (χ1v) is 8.20. The summed E-state index contributed by atoms with van der Waals surface area (Å²) in [6, 6.07) is 15.0. The molecule has 0 bridgehead atoms. The van der Waals surface area contributed by atoms with Crippen LogP contribution in [-0.4, -0.2) is 29.4 Å². The van der Waals surface area contributed by atoms with Gasteiger partial charge >= 0.3 is 5.97 Å². The van der Waals surface area contributed by atoms with E-state index in [9.17, 15) is 19.7 Å². The highest BCUT2D eigenvalue weighted by atomic mass is 16.6. The number of nitro benzene ring substituents is 1. The summed E-state index contributed by atoms with van der Waals surface area (Å²) in [6.45, 7) is 1.44. The number of aryl methyl sites for hydroxylation is 1. The fraction of sp³-hybridized carbons (Fsp3) is 0.263. The molecule has 0 fully saturated rings. The molecule has 0 aliphatic rings. The van der Waals surface area contributed by atoms with E-state index in [1.165, 1.54) is 23.8 Å². The average Bonchev–Trinajstić information content (AvgIpc) is 2.65. The Bertz CT molecular complexity index is 777. The van der Waals surface area contributed by atoms with E-state index >= 15 is 0 Å². The summed E-state index contributed by atoms with van der Waals surface area (Å²) in [6.07, 6.45) is 1.59. The van der Waals surface area contributed by atoms with Crippen LogP contribution >= 0.6 is 0 Å². The molecular weight excluding hydrogens is 336 g/mol. The van der Waals surface area contributed by atoms with Gasteiger partial charge in [-0.25, -0.2) is 4.79 Å². The quantitative estimate of drug-likeness (QED) is 0.445. The van der Waals surface area contributed by atoms with E-state index < -0.39 is 23.4 Å². The van der Waals surface area contributed by atoms with Crippen LogP contribution in [0.3, 0.4) is 0 Å². The molecule has 0 spiro atoms. The number of benzene rings is 2. The second-order valence-corrected chi connectivity index (χ2v) is 5.88. The molecule has 0 aromatic heterocycles. The van der Waals surface area contributed by atoms with Crippen LogP contribution in [0, 0.1) is 10.1 Å². The molecule has 136 valence electrons. The summed E-state index contributed by atoms with van der Waals surface area (Å²) in [5, 5.41) is 13.5. The summed E-state index contributed by atoms with van der Waals surface area (Å²) >= 11 is 0. The Morgan fingerprint density at radius 1 is 1.15 bits per heavy atom. The van der Waals surface area contributed by atoms with Crippen molar-refractivity contribution in [1.29, 1.82) is 0 Å². The van der Waals surface area contributed by atoms with Crippen molar-refractivity contribution in [3.8, 4) is 0 Å². The highest BCUT2D eigenvalue weighted by Gasteiger charge is 2.15. The fourth-order valence-electron chi connectivity index (χ4n) is 2.38. The number of hydrogen-bond acceptors (Lipinski definition) is 5. The van der Waals surface area contributed by atoms with Crippen LogP contribution in [0.1, 0.15) is 29.3 Å². The molecular formula is C19H20N2O5. The van der Waals surface area contributed by atoms with Crippen molar-refractivity contribution >= 4 is 17.6 Å². The van der Waals surface area contributed by atoms with E-state index in [1.54, 1.807) is 0 Å². The first kappa shape index (κ1) is 19.1. The Hall–Kier alpha value is -3.22. The van der Waals surface area contributed by atoms with Crippen LogP contribution < -0.4 is 5.32 Å². The van der Waals surface area contributed by atoms with Gasteiger partial charge in [0.25, 0.3) is 11.6 Å². The van der Waals surface area contributed by atoms with Gasteiger partial charge in [0, 0.05) is 18.2 Å². The zero-order valence-electron chi connectivity index (χ0n) is 14.4. The van der Waals surface area contributed by atoms with E-state index in [0.717, 1.165) is 18.9 Å². The van der Waals surface area contributed by atoms with Gasteiger partial charge in [0.2, 0.25) is 0 Å². The standard InChI is InChI=1S/C19H20N2O5/c1-14(10-11-15-6-3-2-4-7-15)20-18(22)13-26-19(23)16-8-5-9-17(12-16)21(24)25/h2-9,12,14H,10-11,13H2,1H3,(H,20,22)/t14-/m1/s1. The van der Waals surface area contributed by atoms with Crippen molar-refractivity contribution in [2.24, 2.45) is 0 Å². The molecule has 1 amide bonds. The highest BCUT2D eigenvalue weighted by molar-refractivity contribution is 5.91. The van der Waals surface area contributed by atoms with Gasteiger partial charge in [-0.2, -0.15) is 0 Å². The van der Waals surface area contributed by atoms with Gasteiger partial charge in [-0.1, -0.05) is 36.4 Å². The topological polar surface area (TPSA) is 98.5 Å². The zero-order valence-corrected chi connectivity index (χ0v) is 14.4. The van der Waals surface area contributed by atoms with Crippen LogP contribution in [0.5, 0.6) is 0 Å². The molecule has 2 rings (SSSR count). The number of ether oxygens (including phenoxy) is 1. The minimum absolute atomic E-state index is 0.0316. The maximum atomic E-state index is 11.9. The lowest BCUT2D eigenvalue weighted by Crippen LogP contribution is -2.36. The SMILES string of the molecule is C[C@H](CCc1ccccc1)NC(=O)COC(=O)c1cccc([N+](=O)[O-])c1. The van der Waals surface area contributed by atoms with Gasteiger partial charge in [-0.3, -0.25) is 14.9 Å². The number of nitrogens with zero attached hydrogens (tertiary/aromatic N) is 1. The summed E-state index contributed by atoms with van der Waals surface area (Å²) < 4.78 is 4.91. The van der Waals surface area contributed by atoms with E-state index in [2.05, 4.69) is 5.32 Å². The van der Waals surface area contributed by atoms with E-state index in [-0.39, 0.29) is 17.3 Å². The van der Waals surface area contributed by atoms with Crippen LogP contribution in [0.2, 0.25) is 0 Å². The van der Waals surface area contributed by atoms with Crippen LogP contribution in [0.25, 0.3) is 0 Å². The first-order chi connectivity index (χ1) is 12.5. The number of nitro groups is 1. The molecule has 7 heteroatoms. The average molecular weight is 356 g/mol. The number of esters is 1. The van der Waals surface area contributed by atoms with Gasteiger partial charge in [0.05, 0.1) is 10.5 Å². The molecule has 0 radical (unpaired) electrons. The van der Waals surface area contributed by atoms with Crippen LogP contribution in [-0.2, 0) is 16.0 Å². The van der Waals surface area contributed by atoms with Crippen molar-refractivity contribution in [3.63, 3.8) is 0 Å². The lowest BCUT2D eigenvalue weighted by atomic mass is 10.1. The second kappa shape index (κ2) is 9.31. The fourth-order valence-corrected chi connectivity index (χ4v) is 2.38. The van der Waals surface area contributed by atoms with Gasteiger partial charge in [0.1, 0.15) is 0 Å². The lowest BCUT2D eigenvalue weighted by molar-refractivity contribution is -0.384. The summed E-state index contributed by atoms with van der Waals surface area (Å²) in [5.74, 6) is -1.19. The smallest absolute Gasteiger partial charge is 0.338 e. The van der Waals surface area contributed by atoms with Crippen molar-refractivity contribution < 1.29 is 19.2 Å². The van der Waals surface area contributed by atoms with Gasteiger partial charge in [0.15, 0.2) is 6.61 Å². The van der Waals surface area contributed by atoms with Crippen molar-refractivity contribution in [1.82, 2.24) is 5.32 Å². The Morgan fingerprint density at radius 3 is 2.58 bits per heavy atom. The van der Waals surface area contributed by atoms with Gasteiger partial charge < -0.3 is 10.1 Å². The van der Waals surface area contributed by atoms with Crippen LogP contribution in [0.4, 0.5) is 5.69 Å². The number of hydrogen-bond donors (Lipinski definition) is 1. The molecule has 0 saturated heterocycles. The van der Waals surface area contributed by atoms with E-state index in [4.69, 9.17) is 4.74 Å². The van der Waals surface area contributed by atoms with E-state index in [0.29, 0.717) is 0 Å². The second-order valence-electron chi connectivity index (χ2n) is 5.88. The van der Waals surface area contributed by atoms with Crippen molar-refractivity contribution in [3.05, 3.63) is 75.8 Å². The molecule has 1 atom stereocenters.